The van der Waals surface area contributed by atoms with E-state index in [1.165, 1.54) is 0 Å². The molecule has 0 aromatic heterocycles. The topological polar surface area (TPSA) is 76.4 Å². The minimum atomic E-state index is -0.0978. The molecule has 21 heavy (non-hydrogen) atoms. The average molecular weight is 308 g/mol. The number of benzene rings is 1. The molecule has 1 heterocycles. The van der Waals surface area contributed by atoms with Crippen molar-refractivity contribution in [3.05, 3.63) is 28.8 Å². The number of nitrogens with one attached hydrogen (secondary N) is 1. The first-order valence-electron chi connectivity index (χ1n) is 6.98. The Morgan fingerprint density at radius 3 is 3.05 bits per heavy atom. The SMILES string of the molecule is N#Cc1ccc(NC(=O)CCN2CCC[C@H]2CO)cc1Cl. The van der Waals surface area contributed by atoms with E-state index in [0.717, 1.165) is 19.4 Å². The van der Waals surface area contributed by atoms with Crippen LogP contribution in [-0.4, -0.2) is 41.7 Å². The summed E-state index contributed by atoms with van der Waals surface area (Å²) in [6.07, 6.45) is 2.43. The highest BCUT2D eigenvalue weighted by atomic mass is 35.5. The number of aliphatic hydroxyl groups excluding tert-OH is 1. The van der Waals surface area contributed by atoms with Gasteiger partial charge in [0, 0.05) is 24.7 Å². The fourth-order valence-corrected chi connectivity index (χ4v) is 2.77. The van der Waals surface area contributed by atoms with E-state index in [4.69, 9.17) is 16.9 Å². The number of halogens is 1. The molecule has 0 radical (unpaired) electrons. The first kappa shape index (κ1) is 15.8. The van der Waals surface area contributed by atoms with Crippen LogP contribution in [0, 0.1) is 11.3 Å². The fraction of sp³-hybridized carbons (Fsp3) is 0.467. The van der Waals surface area contributed by atoms with Crippen molar-refractivity contribution in [3.8, 4) is 6.07 Å². The van der Waals surface area contributed by atoms with E-state index >= 15 is 0 Å². The van der Waals surface area contributed by atoms with Gasteiger partial charge in [-0.15, -0.1) is 0 Å². The maximum atomic E-state index is 11.9. The van der Waals surface area contributed by atoms with E-state index < -0.39 is 0 Å². The highest BCUT2D eigenvalue weighted by molar-refractivity contribution is 6.32. The number of carbonyl (C=O) groups excluding carboxylic acids is 1. The van der Waals surface area contributed by atoms with Gasteiger partial charge in [-0.3, -0.25) is 9.69 Å². The maximum Gasteiger partial charge on any atom is 0.225 e. The van der Waals surface area contributed by atoms with E-state index in [9.17, 15) is 9.90 Å². The molecule has 5 nitrogen and oxygen atoms in total. The highest BCUT2D eigenvalue weighted by Crippen LogP contribution is 2.21. The van der Waals surface area contributed by atoms with Gasteiger partial charge in [-0.1, -0.05) is 11.6 Å². The van der Waals surface area contributed by atoms with Crippen molar-refractivity contribution in [2.24, 2.45) is 0 Å². The number of anilines is 1. The number of aliphatic hydroxyl groups is 1. The smallest absolute Gasteiger partial charge is 0.225 e. The Morgan fingerprint density at radius 2 is 2.38 bits per heavy atom. The third kappa shape index (κ3) is 4.18. The summed E-state index contributed by atoms with van der Waals surface area (Å²) in [4.78, 5) is 14.1. The zero-order valence-electron chi connectivity index (χ0n) is 11.7. The Labute approximate surface area is 129 Å². The molecule has 0 saturated carbocycles. The van der Waals surface area contributed by atoms with Crippen LogP contribution in [0.2, 0.25) is 5.02 Å². The first-order valence-corrected chi connectivity index (χ1v) is 7.36. The molecule has 1 aromatic rings. The van der Waals surface area contributed by atoms with Crippen LogP contribution in [0.5, 0.6) is 0 Å². The van der Waals surface area contributed by atoms with Crippen molar-refractivity contribution in [1.82, 2.24) is 4.90 Å². The van der Waals surface area contributed by atoms with Gasteiger partial charge in [-0.2, -0.15) is 5.26 Å². The van der Waals surface area contributed by atoms with Gasteiger partial charge in [0.05, 0.1) is 17.2 Å². The standard InChI is InChI=1S/C15H18ClN3O2/c16-14-8-12(4-3-11(14)9-17)18-15(21)5-7-19-6-1-2-13(19)10-20/h3-4,8,13,20H,1-2,5-7,10H2,(H,18,21)/t13-/m0/s1. The molecular weight excluding hydrogens is 290 g/mol. The Hall–Kier alpha value is -1.61. The summed E-state index contributed by atoms with van der Waals surface area (Å²) in [5, 5.41) is 21.1. The van der Waals surface area contributed by atoms with Gasteiger partial charge in [0.15, 0.2) is 0 Å². The van der Waals surface area contributed by atoms with E-state index in [1.54, 1.807) is 18.2 Å². The number of nitrogens with zero attached hydrogens (tertiary/aromatic N) is 2. The number of amides is 1. The molecule has 1 atom stereocenters. The lowest BCUT2D eigenvalue weighted by Gasteiger charge is -2.22. The minimum Gasteiger partial charge on any atom is -0.395 e. The number of hydrogen-bond donors (Lipinski definition) is 2. The average Bonchev–Trinajstić information content (AvgIpc) is 2.93. The van der Waals surface area contributed by atoms with Gasteiger partial charge in [0.2, 0.25) is 5.91 Å². The predicted molar refractivity (Wildman–Crippen MR) is 81.1 cm³/mol. The Bertz CT molecular complexity index is 556. The third-order valence-electron chi connectivity index (χ3n) is 3.71. The zero-order valence-corrected chi connectivity index (χ0v) is 12.4. The van der Waals surface area contributed by atoms with Gasteiger partial charge in [0.1, 0.15) is 6.07 Å². The number of hydrogen-bond acceptors (Lipinski definition) is 4. The lowest BCUT2D eigenvalue weighted by Crippen LogP contribution is -2.34. The summed E-state index contributed by atoms with van der Waals surface area (Å²) < 4.78 is 0. The van der Waals surface area contributed by atoms with Crippen LogP contribution < -0.4 is 5.32 Å². The van der Waals surface area contributed by atoms with Crippen LogP contribution in [0.4, 0.5) is 5.69 Å². The van der Waals surface area contributed by atoms with Crippen LogP contribution in [0.15, 0.2) is 18.2 Å². The van der Waals surface area contributed by atoms with Crippen molar-refractivity contribution in [2.75, 3.05) is 25.0 Å². The molecule has 0 bridgehead atoms. The van der Waals surface area contributed by atoms with Crippen molar-refractivity contribution < 1.29 is 9.90 Å². The van der Waals surface area contributed by atoms with Crippen LogP contribution in [0.25, 0.3) is 0 Å². The maximum absolute atomic E-state index is 11.9. The van der Waals surface area contributed by atoms with E-state index in [-0.39, 0.29) is 18.6 Å². The molecule has 0 unspecified atom stereocenters. The van der Waals surface area contributed by atoms with E-state index in [1.807, 2.05) is 6.07 Å². The second-order valence-electron chi connectivity index (χ2n) is 5.12. The predicted octanol–water partition coefficient (Wildman–Crippen LogP) is 2.00. The fourth-order valence-electron chi connectivity index (χ4n) is 2.55. The molecule has 1 aromatic carbocycles. The first-order chi connectivity index (χ1) is 10.1. The van der Waals surface area contributed by atoms with E-state index in [0.29, 0.717) is 29.2 Å². The van der Waals surface area contributed by atoms with Crippen molar-refractivity contribution >= 4 is 23.2 Å². The van der Waals surface area contributed by atoms with Gasteiger partial charge < -0.3 is 10.4 Å². The summed E-state index contributed by atoms with van der Waals surface area (Å²) >= 11 is 5.92. The van der Waals surface area contributed by atoms with Crippen LogP contribution >= 0.6 is 11.6 Å². The quantitative estimate of drug-likeness (QED) is 0.872. The molecule has 1 fully saturated rings. The minimum absolute atomic E-state index is 0.0978. The Kier molecular flexibility index (Phi) is 5.57. The zero-order chi connectivity index (χ0) is 15.2. The molecule has 2 rings (SSSR count). The summed E-state index contributed by atoms with van der Waals surface area (Å²) in [6.45, 7) is 1.72. The second kappa shape index (κ2) is 7.41. The molecule has 0 aliphatic carbocycles. The van der Waals surface area contributed by atoms with Gasteiger partial charge in [0.25, 0.3) is 0 Å². The Morgan fingerprint density at radius 1 is 1.57 bits per heavy atom. The lowest BCUT2D eigenvalue weighted by molar-refractivity contribution is -0.116. The summed E-state index contributed by atoms with van der Waals surface area (Å²) in [7, 11) is 0. The number of likely N-dealkylation sites (tertiary alicyclic amines) is 1. The normalized spacial score (nSPS) is 18.4. The summed E-state index contributed by atoms with van der Waals surface area (Å²) in [5.41, 5.74) is 0.974. The van der Waals surface area contributed by atoms with Crippen molar-refractivity contribution in [3.63, 3.8) is 0 Å². The van der Waals surface area contributed by atoms with Crippen molar-refractivity contribution in [1.29, 1.82) is 5.26 Å². The van der Waals surface area contributed by atoms with Gasteiger partial charge >= 0.3 is 0 Å². The molecule has 1 saturated heterocycles. The lowest BCUT2D eigenvalue weighted by atomic mass is 10.2. The van der Waals surface area contributed by atoms with Crippen LogP contribution in [-0.2, 0) is 4.79 Å². The molecule has 0 spiro atoms. The molecule has 112 valence electrons. The largest absolute Gasteiger partial charge is 0.395 e. The summed E-state index contributed by atoms with van der Waals surface area (Å²) in [5.74, 6) is -0.0978. The molecule has 2 N–H and O–H groups in total. The monoisotopic (exact) mass is 307 g/mol. The molecule has 6 heteroatoms. The number of nitriles is 1. The van der Waals surface area contributed by atoms with Crippen LogP contribution in [0.1, 0.15) is 24.8 Å². The van der Waals surface area contributed by atoms with E-state index in [2.05, 4.69) is 10.2 Å². The number of rotatable bonds is 5. The second-order valence-corrected chi connectivity index (χ2v) is 5.53. The van der Waals surface area contributed by atoms with Crippen LogP contribution in [0.3, 0.4) is 0 Å². The Balaban J connectivity index is 1.85. The molecule has 1 aliphatic heterocycles. The summed E-state index contributed by atoms with van der Waals surface area (Å²) in [6, 6.07) is 6.98. The van der Waals surface area contributed by atoms with Gasteiger partial charge in [-0.25, -0.2) is 0 Å². The molecule has 1 amide bonds. The third-order valence-corrected chi connectivity index (χ3v) is 4.02. The highest BCUT2D eigenvalue weighted by Gasteiger charge is 2.23. The molecule has 1 aliphatic rings. The van der Waals surface area contributed by atoms with Gasteiger partial charge in [-0.05, 0) is 37.6 Å². The van der Waals surface area contributed by atoms with Crippen molar-refractivity contribution in [2.45, 2.75) is 25.3 Å². The molecular formula is C15H18ClN3O2. The number of carbonyl (C=O) groups is 1.